The van der Waals surface area contributed by atoms with Gasteiger partial charge >= 0.3 is 0 Å². The number of anilines is 1. The first kappa shape index (κ1) is 17.2. The molecule has 1 amide bonds. The summed E-state index contributed by atoms with van der Waals surface area (Å²) in [5.41, 5.74) is 0.932. The Hall–Kier alpha value is -3.66. The van der Waals surface area contributed by atoms with Crippen LogP contribution in [-0.2, 0) is 0 Å². The SMILES string of the molecule is Cc1nc(NCCNC(=O)c2cccc(C#N)c2)cc(-n2cccc2)n1. The number of nitrogens with zero attached hydrogens (tertiary/aromatic N) is 4. The van der Waals surface area contributed by atoms with Crippen LogP contribution in [0, 0.1) is 18.3 Å². The molecule has 0 aliphatic rings. The molecule has 2 N–H and O–H groups in total. The van der Waals surface area contributed by atoms with Crippen LogP contribution >= 0.6 is 0 Å². The fourth-order valence-electron chi connectivity index (χ4n) is 2.46. The van der Waals surface area contributed by atoms with Gasteiger partial charge in [-0.25, -0.2) is 9.97 Å². The zero-order chi connectivity index (χ0) is 18.4. The van der Waals surface area contributed by atoms with Crippen LogP contribution in [0.5, 0.6) is 0 Å². The van der Waals surface area contributed by atoms with Gasteiger partial charge in [0.15, 0.2) is 0 Å². The molecule has 0 unspecified atom stereocenters. The van der Waals surface area contributed by atoms with Crippen LogP contribution in [0.4, 0.5) is 5.82 Å². The fraction of sp³-hybridized carbons (Fsp3) is 0.158. The summed E-state index contributed by atoms with van der Waals surface area (Å²) in [6.07, 6.45) is 3.84. The highest BCUT2D eigenvalue weighted by molar-refractivity contribution is 5.94. The molecule has 0 spiro atoms. The molecule has 0 saturated carbocycles. The Balaban J connectivity index is 1.55. The third-order valence-corrected chi connectivity index (χ3v) is 3.66. The molecule has 0 aliphatic heterocycles. The predicted molar refractivity (Wildman–Crippen MR) is 98.1 cm³/mol. The molecular weight excluding hydrogens is 328 g/mol. The smallest absolute Gasteiger partial charge is 0.251 e. The van der Waals surface area contributed by atoms with Gasteiger partial charge in [-0.05, 0) is 37.3 Å². The molecule has 3 aromatic rings. The summed E-state index contributed by atoms with van der Waals surface area (Å²) in [4.78, 5) is 20.9. The van der Waals surface area contributed by atoms with Gasteiger partial charge in [0.1, 0.15) is 17.5 Å². The molecular formula is C19H18N6O. The molecule has 2 aromatic heterocycles. The molecule has 3 rings (SSSR count). The maximum atomic E-state index is 12.1. The summed E-state index contributed by atoms with van der Waals surface area (Å²) >= 11 is 0. The number of aryl methyl sites for hydroxylation is 1. The molecule has 2 heterocycles. The van der Waals surface area contributed by atoms with Gasteiger partial charge in [-0.3, -0.25) is 4.79 Å². The van der Waals surface area contributed by atoms with Crippen molar-refractivity contribution in [3.8, 4) is 11.9 Å². The highest BCUT2D eigenvalue weighted by Crippen LogP contribution is 2.11. The first-order chi connectivity index (χ1) is 12.7. The van der Waals surface area contributed by atoms with Crippen molar-refractivity contribution < 1.29 is 4.79 Å². The lowest BCUT2D eigenvalue weighted by Gasteiger charge is -2.10. The van der Waals surface area contributed by atoms with Gasteiger partial charge < -0.3 is 15.2 Å². The third-order valence-electron chi connectivity index (χ3n) is 3.66. The summed E-state index contributed by atoms with van der Waals surface area (Å²) in [5.74, 6) is 1.93. The summed E-state index contributed by atoms with van der Waals surface area (Å²) < 4.78 is 1.91. The van der Waals surface area contributed by atoms with E-state index in [1.54, 1.807) is 24.3 Å². The van der Waals surface area contributed by atoms with Crippen LogP contribution < -0.4 is 10.6 Å². The van der Waals surface area contributed by atoms with Gasteiger partial charge in [-0.15, -0.1) is 0 Å². The Labute approximate surface area is 151 Å². The predicted octanol–water partition coefficient (Wildman–Crippen LogP) is 2.29. The van der Waals surface area contributed by atoms with E-state index in [2.05, 4.69) is 20.6 Å². The van der Waals surface area contributed by atoms with Crippen LogP contribution in [0.1, 0.15) is 21.7 Å². The summed E-state index contributed by atoms with van der Waals surface area (Å²) in [5, 5.41) is 14.9. The standard InChI is InChI=1S/C19H18N6O/c1-14-23-17(12-18(24-14)25-9-2-3-10-25)21-7-8-22-19(26)16-6-4-5-15(11-16)13-20/h2-6,9-12H,7-8H2,1H3,(H,22,26)(H,21,23,24). The minimum Gasteiger partial charge on any atom is -0.368 e. The maximum absolute atomic E-state index is 12.1. The second-order valence-corrected chi connectivity index (χ2v) is 5.62. The molecule has 0 saturated heterocycles. The van der Waals surface area contributed by atoms with Crippen LogP contribution in [0.3, 0.4) is 0 Å². The van der Waals surface area contributed by atoms with E-state index in [1.807, 2.05) is 48.2 Å². The van der Waals surface area contributed by atoms with E-state index in [0.29, 0.717) is 35.9 Å². The maximum Gasteiger partial charge on any atom is 0.251 e. The van der Waals surface area contributed by atoms with E-state index in [1.165, 1.54) is 0 Å². The fourth-order valence-corrected chi connectivity index (χ4v) is 2.46. The zero-order valence-corrected chi connectivity index (χ0v) is 14.3. The van der Waals surface area contributed by atoms with Crippen molar-refractivity contribution in [3.05, 3.63) is 71.8 Å². The third kappa shape index (κ3) is 4.24. The van der Waals surface area contributed by atoms with Crippen LogP contribution in [0.2, 0.25) is 0 Å². The Bertz CT molecular complexity index is 943. The van der Waals surface area contributed by atoms with Crippen LogP contribution in [0.15, 0.2) is 54.9 Å². The van der Waals surface area contributed by atoms with E-state index in [-0.39, 0.29) is 5.91 Å². The first-order valence-electron chi connectivity index (χ1n) is 8.17. The Kier molecular flexibility index (Phi) is 5.25. The number of nitriles is 1. The van der Waals surface area contributed by atoms with E-state index >= 15 is 0 Å². The minimum absolute atomic E-state index is 0.212. The molecule has 7 heteroatoms. The Morgan fingerprint density at radius 1 is 1.15 bits per heavy atom. The number of rotatable bonds is 6. The number of carbonyl (C=O) groups is 1. The van der Waals surface area contributed by atoms with Gasteiger partial charge in [0.2, 0.25) is 0 Å². The number of nitrogens with one attached hydrogen (secondary N) is 2. The van der Waals surface area contributed by atoms with E-state index < -0.39 is 0 Å². The molecule has 0 bridgehead atoms. The van der Waals surface area contributed by atoms with Crippen molar-refractivity contribution >= 4 is 11.7 Å². The molecule has 0 fully saturated rings. The molecule has 7 nitrogen and oxygen atoms in total. The van der Waals surface area contributed by atoms with Crippen LogP contribution in [0.25, 0.3) is 5.82 Å². The second kappa shape index (κ2) is 7.94. The largest absolute Gasteiger partial charge is 0.368 e. The lowest BCUT2D eigenvalue weighted by Crippen LogP contribution is -2.29. The van der Waals surface area contributed by atoms with Gasteiger partial charge in [0, 0.05) is 37.1 Å². The molecule has 1 aromatic carbocycles. The van der Waals surface area contributed by atoms with E-state index in [9.17, 15) is 4.79 Å². The molecule has 0 aliphatic carbocycles. The van der Waals surface area contributed by atoms with Gasteiger partial charge in [-0.2, -0.15) is 5.26 Å². The highest BCUT2D eigenvalue weighted by Gasteiger charge is 2.06. The normalized spacial score (nSPS) is 10.2. The van der Waals surface area contributed by atoms with Crippen molar-refractivity contribution in [2.24, 2.45) is 0 Å². The average molecular weight is 346 g/mol. The molecule has 26 heavy (non-hydrogen) atoms. The highest BCUT2D eigenvalue weighted by atomic mass is 16.1. The minimum atomic E-state index is -0.212. The van der Waals surface area contributed by atoms with Gasteiger partial charge in [-0.1, -0.05) is 6.07 Å². The lowest BCUT2D eigenvalue weighted by atomic mass is 10.1. The lowest BCUT2D eigenvalue weighted by molar-refractivity contribution is 0.0955. The quantitative estimate of drug-likeness (QED) is 0.668. The zero-order valence-electron chi connectivity index (χ0n) is 14.3. The number of amides is 1. The number of hydrogen-bond acceptors (Lipinski definition) is 5. The first-order valence-corrected chi connectivity index (χ1v) is 8.17. The Morgan fingerprint density at radius 3 is 2.73 bits per heavy atom. The summed E-state index contributed by atoms with van der Waals surface area (Å²) in [6.45, 7) is 2.78. The average Bonchev–Trinajstić information content (AvgIpc) is 3.19. The second-order valence-electron chi connectivity index (χ2n) is 5.62. The van der Waals surface area contributed by atoms with Crippen molar-refractivity contribution in [2.75, 3.05) is 18.4 Å². The van der Waals surface area contributed by atoms with Gasteiger partial charge in [0.25, 0.3) is 5.91 Å². The topological polar surface area (TPSA) is 95.6 Å². The number of hydrogen-bond donors (Lipinski definition) is 2. The molecule has 0 radical (unpaired) electrons. The van der Waals surface area contributed by atoms with E-state index in [0.717, 1.165) is 5.82 Å². The summed E-state index contributed by atoms with van der Waals surface area (Å²) in [6, 6.07) is 14.3. The number of carbonyl (C=O) groups excluding carboxylic acids is 1. The van der Waals surface area contributed by atoms with Crippen molar-refractivity contribution in [3.63, 3.8) is 0 Å². The van der Waals surface area contributed by atoms with Crippen LogP contribution in [-0.4, -0.2) is 33.5 Å². The van der Waals surface area contributed by atoms with Gasteiger partial charge in [0.05, 0.1) is 11.6 Å². The van der Waals surface area contributed by atoms with Crippen molar-refractivity contribution in [2.45, 2.75) is 6.92 Å². The monoisotopic (exact) mass is 346 g/mol. The molecule has 0 atom stereocenters. The molecule has 130 valence electrons. The Morgan fingerprint density at radius 2 is 1.96 bits per heavy atom. The number of benzene rings is 1. The van der Waals surface area contributed by atoms with Crippen molar-refractivity contribution in [1.29, 1.82) is 5.26 Å². The van der Waals surface area contributed by atoms with Crippen molar-refractivity contribution in [1.82, 2.24) is 19.9 Å². The van der Waals surface area contributed by atoms with E-state index in [4.69, 9.17) is 5.26 Å². The number of aromatic nitrogens is 3. The summed E-state index contributed by atoms with van der Waals surface area (Å²) in [7, 11) is 0.